The van der Waals surface area contributed by atoms with Crippen molar-refractivity contribution in [3.8, 4) is 0 Å². The van der Waals surface area contributed by atoms with Crippen LogP contribution in [-0.4, -0.2) is 17.6 Å². The molecular formula is C10H12N2O2S. The molecule has 1 rings (SSSR count). The Bertz CT molecular complexity index is 372. The van der Waals surface area contributed by atoms with Crippen molar-refractivity contribution in [1.82, 2.24) is 0 Å². The van der Waals surface area contributed by atoms with Gasteiger partial charge in [0.05, 0.1) is 0 Å². The quantitative estimate of drug-likeness (QED) is 0.645. The number of benzene rings is 1. The van der Waals surface area contributed by atoms with Gasteiger partial charge in [0.15, 0.2) is 0 Å². The van der Waals surface area contributed by atoms with E-state index in [1.807, 2.05) is 0 Å². The largest absolute Gasteiger partial charge is 0.366 e. The van der Waals surface area contributed by atoms with Gasteiger partial charge in [-0.25, -0.2) is 0 Å². The standard InChI is InChI=1S/C10H12N2O2S/c11-9(13)7-2-1-3-8(10(12)14)6(7)4-5-15/h1-3,15H,4-5H2,(H2,11,13)(H2,12,14). The van der Waals surface area contributed by atoms with Crippen LogP contribution < -0.4 is 11.5 Å². The molecular weight excluding hydrogens is 212 g/mol. The van der Waals surface area contributed by atoms with Crippen LogP contribution in [-0.2, 0) is 6.42 Å². The highest BCUT2D eigenvalue weighted by Gasteiger charge is 2.14. The maximum atomic E-state index is 11.1. The minimum Gasteiger partial charge on any atom is -0.366 e. The van der Waals surface area contributed by atoms with E-state index < -0.39 is 11.8 Å². The lowest BCUT2D eigenvalue weighted by Gasteiger charge is -2.09. The molecule has 15 heavy (non-hydrogen) atoms. The summed E-state index contributed by atoms with van der Waals surface area (Å²) in [5.41, 5.74) is 11.6. The number of carbonyl (C=O) groups excluding carboxylic acids is 2. The lowest BCUT2D eigenvalue weighted by atomic mass is 9.98. The molecule has 0 atom stereocenters. The first kappa shape index (κ1) is 11.6. The summed E-state index contributed by atoms with van der Waals surface area (Å²) < 4.78 is 0. The van der Waals surface area contributed by atoms with Crippen LogP contribution in [0.2, 0.25) is 0 Å². The average Bonchev–Trinajstić information content (AvgIpc) is 2.17. The van der Waals surface area contributed by atoms with Crippen LogP contribution in [0.25, 0.3) is 0 Å². The zero-order chi connectivity index (χ0) is 11.4. The van der Waals surface area contributed by atoms with Crippen molar-refractivity contribution in [1.29, 1.82) is 0 Å². The number of rotatable bonds is 4. The van der Waals surface area contributed by atoms with Crippen LogP contribution in [0.4, 0.5) is 0 Å². The van der Waals surface area contributed by atoms with Crippen LogP contribution in [0.1, 0.15) is 26.3 Å². The summed E-state index contributed by atoms with van der Waals surface area (Å²) in [6, 6.07) is 4.74. The number of primary amides is 2. The minimum absolute atomic E-state index is 0.334. The molecule has 1 aromatic rings. The van der Waals surface area contributed by atoms with Gasteiger partial charge in [0.1, 0.15) is 0 Å². The fourth-order valence-corrected chi connectivity index (χ4v) is 1.65. The van der Waals surface area contributed by atoms with Crippen LogP contribution in [0.3, 0.4) is 0 Å². The Hall–Kier alpha value is -1.49. The molecule has 0 aliphatic heterocycles. The fourth-order valence-electron chi connectivity index (χ4n) is 1.43. The molecule has 0 spiro atoms. The summed E-state index contributed by atoms with van der Waals surface area (Å²) >= 11 is 4.06. The molecule has 0 aliphatic rings. The number of hydrogen-bond donors (Lipinski definition) is 3. The lowest BCUT2D eigenvalue weighted by Crippen LogP contribution is -2.20. The maximum absolute atomic E-state index is 11.1. The monoisotopic (exact) mass is 224 g/mol. The van der Waals surface area contributed by atoms with Gasteiger partial charge in [-0.05, 0) is 29.9 Å². The molecule has 4 N–H and O–H groups in total. The van der Waals surface area contributed by atoms with E-state index >= 15 is 0 Å². The number of amides is 2. The van der Waals surface area contributed by atoms with Gasteiger partial charge in [-0.15, -0.1) is 0 Å². The molecule has 80 valence electrons. The predicted molar refractivity (Wildman–Crippen MR) is 61.0 cm³/mol. The summed E-state index contributed by atoms with van der Waals surface area (Å²) in [7, 11) is 0. The lowest BCUT2D eigenvalue weighted by molar-refractivity contribution is 0.0999. The SMILES string of the molecule is NC(=O)c1cccc(C(N)=O)c1CCS. The average molecular weight is 224 g/mol. The summed E-state index contributed by atoms with van der Waals surface area (Å²) in [4.78, 5) is 22.2. The summed E-state index contributed by atoms with van der Waals surface area (Å²) in [5, 5.41) is 0. The first-order chi connectivity index (χ1) is 7.07. The summed E-state index contributed by atoms with van der Waals surface area (Å²) in [6.45, 7) is 0. The van der Waals surface area contributed by atoms with E-state index in [2.05, 4.69) is 12.6 Å². The number of carbonyl (C=O) groups is 2. The van der Waals surface area contributed by atoms with Crippen LogP contribution in [0, 0.1) is 0 Å². The number of hydrogen-bond acceptors (Lipinski definition) is 3. The third-order valence-electron chi connectivity index (χ3n) is 2.07. The van der Waals surface area contributed by atoms with E-state index in [4.69, 9.17) is 11.5 Å². The molecule has 0 saturated heterocycles. The zero-order valence-corrected chi connectivity index (χ0v) is 8.96. The molecule has 0 aromatic heterocycles. The summed E-state index contributed by atoms with van der Waals surface area (Å²) in [5.74, 6) is -0.602. The molecule has 4 nitrogen and oxygen atoms in total. The van der Waals surface area contributed by atoms with Gasteiger partial charge in [0, 0.05) is 11.1 Å². The van der Waals surface area contributed by atoms with Crippen molar-refractivity contribution in [3.05, 3.63) is 34.9 Å². The van der Waals surface area contributed by atoms with E-state index in [-0.39, 0.29) is 0 Å². The second-order valence-electron chi connectivity index (χ2n) is 3.03. The Labute approximate surface area is 93.0 Å². The highest BCUT2D eigenvalue weighted by Crippen LogP contribution is 2.15. The third kappa shape index (κ3) is 2.50. The van der Waals surface area contributed by atoms with Gasteiger partial charge in [-0.3, -0.25) is 9.59 Å². The molecule has 0 heterocycles. The van der Waals surface area contributed by atoms with E-state index in [1.54, 1.807) is 18.2 Å². The second kappa shape index (κ2) is 4.84. The van der Waals surface area contributed by atoms with Gasteiger partial charge in [0.25, 0.3) is 0 Å². The second-order valence-corrected chi connectivity index (χ2v) is 3.48. The van der Waals surface area contributed by atoms with Crippen molar-refractivity contribution in [3.63, 3.8) is 0 Å². The molecule has 2 amide bonds. The third-order valence-corrected chi connectivity index (χ3v) is 2.29. The van der Waals surface area contributed by atoms with Gasteiger partial charge in [-0.2, -0.15) is 12.6 Å². The Morgan fingerprint density at radius 3 is 1.93 bits per heavy atom. The van der Waals surface area contributed by atoms with Crippen molar-refractivity contribution in [2.24, 2.45) is 11.5 Å². The Balaban J connectivity index is 3.34. The molecule has 0 bridgehead atoms. The van der Waals surface area contributed by atoms with E-state index in [0.717, 1.165) is 0 Å². The first-order valence-electron chi connectivity index (χ1n) is 4.40. The topological polar surface area (TPSA) is 86.2 Å². The minimum atomic E-state index is -0.560. The van der Waals surface area contributed by atoms with Crippen molar-refractivity contribution in [2.45, 2.75) is 6.42 Å². The number of thiol groups is 1. The first-order valence-corrected chi connectivity index (χ1v) is 5.03. The fraction of sp³-hybridized carbons (Fsp3) is 0.200. The summed E-state index contributed by atoms with van der Waals surface area (Å²) in [6.07, 6.45) is 0.487. The van der Waals surface area contributed by atoms with Crippen LogP contribution >= 0.6 is 12.6 Å². The van der Waals surface area contributed by atoms with Gasteiger partial charge >= 0.3 is 0 Å². The zero-order valence-electron chi connectivity index (χ0n) is 8.06. The highest BCUT2D eigenvalue weighted by atomic mass is 32.1. The normalized spacial score (nSPS) is 9.93. The molecule has 0 unspecified atom stereocenters. The Morgan fingerprint density at radius 2 is 1.60 bits per heavy atom. The Morgan fingerprint density at radius 1 is 1.13 bits per heavy atom. The molecule has 5 heteroatoms. The Kier molecular flexibility index (Phi) is 3.74. The smallest absolute Gasteiger partial charge is 0.249 e. The van der Waals surface area contributed by atoms with Crippen molar-refractivity contribution >= 4 is 24.4 Å². The van der Waals surface area contributed by atoms with Gasteiger partial charge < -0.3 is 11.5 Å². The highest BCUT2D eigenvalue weighted by molar-refractivity contribution is 7.80. The maximum Gasteiger partial charge on any atom is 0.249 e. The van der Waals surface area contributed by atoms with E-state index in [9.17, 15) is 9.59 Å². The van der Waals surface area contributed by atoms with Gasteiger partial charge in [0.2, 0.25) is 11.8 Å². The van der Waals surface area contributed by atoms with Crippen LogP contribution in [0.5, 0.6) is 0 Å². The molecule has 1 aromatic carbocycles. The van der Waals surface area contributed by atoms with E-state index in [0.29, 0.717) is 28.9 Å². The predicted octanol–water partition coefficient (Wildman–Crippen LogP) is 0.357. The van der Waals surface area contributed by atoms with Gasteiger partial charge in [-0.1, -0.05) is 6.07 Å². The molecule has 0 saturated carbocycles. The van der Waals surface area contributed by atoms with Crippen LogP contribution in [0.15, 0.2) is 18.2 Å². The van der Waals surface area contributed by atoms with Crippen molar-refractivity contribution in [2.75, 3.05) is 5.75 Å². The molecule has 0 fully saturated rings. The molecule has 0 radical (unpaired) electrons. The van der Waals surface area contributed by atoms with Crippen molar-refractivity contribution < 1.29 is 9.59 Å². The number of nitrogens with two attached hydrogens (primary N) is 2. The van der Waals surface area contributed by atoms with E-state index in [1.165, 1.54) is 0 Å². The molecule has 0 aliphatic carbocycles.